The van der Waals surface area contributed by atoms with Gasteiger partial charge in [-0.15, -0.1) is 11.3 Å². The summed E-state index contributed by atoms with van der Waals surface area (Å²) in [5.41, 5.74) is 0.781. The molecule has 1 fully saturated rings. The number of carbonyl (C=O) groups is 2. The second kappa shape index (κ2) is 9.07. The molecule has 2 heterocycles. The van der Waals surface area contributed by atoms with Crippen molar-refractivity contribution < 1.29 is 14.3 Å². The molecule has 29 heavy (non-hydrogen) atoms. The number of nitrogens with zero attached hydrogens (tertiary/aromatic N) is 2. The van der Waals surface area contributed by atoms with Crippen LogP contribution in [0.2, 0.25) is 0 Å². The molecule has 1 aliphatic rings. The molecule has 2 aromatic rings. The van der Waals surface area contributed by atoms with Gasteiger partial charge in [0.2, 0.25) is 0 Å². The lowest BCUT2D eigenvalue weighted by Gasteiger charge is -2.30. The van der Waals surface area contributed by atoms with Crippen molar-refractivity contribution in [3.63, 3.8) is 0 Å². The standard InChI is InChI=1S/C21H29N3O4S/c1-12-7-5-6-8-16(12)23-19(26)14(3)28-17(25)9-10-24-11-22-20-18(21(24)27)13(2)15(4)29-20/h11-12,14,16H,5-10H2,1-4H3,(H,23,26). The van der Waals surface area contributed by atoms with Gasteiger partial charge in [0.25, 0.3) is 11.5 Å². The summed E-state index contributed by atoms with van der Waals surface area (Å²) in [6, 6.07) is 0.145. The quantitative estimate of drug-likeness (QED) is 0.727. The lowest BCUT2D eigenvalue weighted by Crippen LogP contribution is -2.46. The smallest absolute Gasteiger partial charge is 0.308 e. The van der Waals surface area contributed by atoms with Gasteiger partial charge in [-0.1, -0.05) is 19.8 Å². The third-order valence-corrected chi connectivity index (χ3v) is 6.94. The minimum Gasteiger partial charge on any atom is -0.452 e. The Balaban J connectivity index is 1.55. The van der Waals surface area contributed by atoms with E-state index in [-0.39, 0.29) is 30.5 Å². The summed E-state index contributed by atoms with van der Waals surface area (Å²) in [7, 11) is 0. The SMILES string of the molecule is Cc1sc2ncn(CCC(=O)OC(C)C(=O)NC3CCCCC3C)c(=O)c2c1C. The van der Waals surface area contributed by atoms with Crippen molar-refractivity contribution in [2.45, 2.75) is 78.5 Å². The monoisotopic (exact) mass is 419 g/mol. The van der Waals surface area contributed by atoms with E-state index in [4.69, 9.17) is 4.74 Å². The molecule has 3 unspecified atom stereocenters. The van der Waals surface area contributed by atoms with E-state index in [1.165, 1.54) is 28.7 Å². The first kappa shape index (κ1) is 21.5. The van der Waals surface area contributed by atoms with Crippen LogP contribution in [0.5, 0.6) is 0 Å². The van der Waals surface area contributed by atoms with E-state index >= 15 is 0 Å². The number of carbonyl (C=O) groups excluding carboxylic acids is 2. The van der Waals surface area contributed by atoms with Crippen LogP contribution in [0.25, 0.3) is 10.2 Å². The van der Waals surface area contributed by atoms with Gasteiger partial charge in [0.15, 0.2) is 6.10 Å². The molecule has 1 N–H and O–H groups in total. The Morgan fingerprint density at radius 3 is 2.79 bits per heavy atom. The second-order valence-electron chi connectivity index (χ2n) is 7.97. The number of amides is 1. The largest absolute Gasteiger partial charge is 0.452 e. The molecule has 8 heteroatoms. The molecule has 0 spiro atoms. The number of aryl methyl sites for hydroxylation is 3. The fourth-order valence-electron chi connectivity index (χ4n) is 3.78. The predicted molar refractivity (Wildman–Crippen MR) is 113 cm³/mol. The zero-order valence-electron chi connectivity index (χ0n) is 17.5. The van der Waals surface area contributed by atoms with E-state index in [9.17, 15) is 14.4 Å². The predicted octanol–water partition coefficient (Wildman–Crippen LogP) is 3.09. The van der Waals surface area contributed by atoms with Gasteiger partial charge in [0.1, 0.15) is 4.83 Å². The Hall–Kier alpha value is -2.22. The second-order valence-corrected chi connectivity index (χ2v) is 9.17. The van der Waals surface area contributed by atoms with Crippen molar-refractivity contribution in [2.75, 3.05) is 0 Å². The average Bonchev–Trinajstić information content (AvgIpc) is 2.97. The van der Waals surface area contributed by atoms with Crippen LogP contribution in [0, 0.1) is 19.8 Å². The maximum atomic E-state index is 12.7. The lowest BCUT2D eigenvalue weighted by atomic mass is 9.86. The van der Waals surface area contributed by atoms with Gasteiger partial charge in [0.05, 0.1) is 18.1 Å². The fraction of sp³-hybridized carbons (Fsp3) is 0.619. The van der Waals surface area contributed by atoms with Crippen molar-refractivity contribution in [1.82, 2.24) is 14.9 Å². The van der Waals surface area contributed by atoms with Crippen LogP contribution < -0.4 is 10.9 Å². The molecule has 7 nitrogen and oxygen atoms in total. The van der Waals surface area contributed by atoms with Crippen LogP contribution in [-0.4, -0.2) is 33.6 Å². The summed E-state index contributed by atoms with van der Waals surface area (Å²) in [5, 5.41) is 3.61. The molecule has 158 valence electrons. The topological polar surface area (TPSA) is 90.3 Å². The highest BCUT2D eigenvalue weighted by Crippen LogP contribution is 2.25. The van der Waals surface area contributed by atoms with Crippen molar-refractivity contribution >= 4 is 33.4 Å². The van der Waals surface area contributed by atoms with Gasteiger partial charge in [-0.25, -0.2) is 4.98 Å². The van der Waals surface area contributed by atoms with Gasteiger partial charge in [0, 0.05) is 17.5 Å². The minimum absolute atomic E-state index is 0.00666. The van der Waals surface area contributed by atoms with E-state index in [2.05, 4.69) is 17.2 Å². The van der Waals surface area contributed by atoms with Crippen molar-refractivity contribution in [3.8, 4) is 0 Å². The van der Waals surface area contributed by atoms with E-state index in [0.29, 0.717) is 16.1 Å². The van der Waals surface area contributed by atoms with Crippen molar-refractivity contribution in [3.05, 3.63) is 27.1 Å². The van der Waals surface area contributed by atoms with E-state index < -0.39 is 12.1 Å². The Morgan fingerprint density at radius 2 is 2.07 bits per heavy atom. The maximum absolute atomic E-state index is 12.7. The zero-order chi connectivity index (χ0) is 21.1. The highest BCUT2D eigenvalue weighted by atomic mass is 32.1. The van der Waals surface area contributed by atoms with E-state index in [1.54, 1.807) is 6.92 Å². The summed E-state index contributed by atoms with van der Waals surface area (Å²) in [6.45, 7) is 7.76. The molecule has 0 aromatic carbocycles. The number of rotatable bonds is 6. The van der Waals surface area contributed by atoms with Crippen LogP contribution >= 0.6 is 11.3 Å². The van der Waals surface area contributed by atoms with Crippen LogP contribution in [0.3, 0.4) is 0 Å². The number of fused-ring (bicyclic) bond motifs is 1. The van der Waals surface area contributed by atoms with Crippen LogP contribution in [0.4, 0.5) is 0 Å². The summed E-state index contributed by atoms with van der Waals surface area (Å²) in [6.07, 6.45) is 5.00. The molecule has 0 aliphatic heterocycles. The highest BCUT2D eigenvalue weighted by Gasteiger charge is 2.26. The number of thiophene rings is 1. The molecule has 3 atom stereocenters. The summed E-state index contributed by atoms with van der Waals surface area (Å²) in [5.74, 6) is -0.328. The summed E-state index contributed by atoms with van der Waals surface area (Å²) < 4.78 is 6.71. The number of hydrogen-bond donors (Lipinski definition) is 1. The number of hydrogen-bond acceptors (Lipinski definition) is 6. The molecule has 2 aromatic heterocycles. The Morgan fingerprint density at radius 1 is 1.34 bits per heavy atom. The van der Waals surface area contributed by atoms with Crippen LogP contribution in [-0.2, 0) is 20.9 Å². The van der Waals surface area contributed by atoms with Crippen LogP contribution in [0.1, 0.15) is 56.4 Å². The molecule has 0 radical (unpaired) electrons. The number of nitrogens with one attached hydrogen (secondary N) is 1. The number of aromatic nitrogens is 2. The van der Waals surface area contributed by atoms with Gasteiger partial charge in [-0.05, 0) is 45.1 Å². The van der Waals surface area contributed by atoms with Gasteiger partial charge in [-0.2, -0.15) is 0 Å². The first-order valence-corrected chi connectivity index (χ1v) is 11.0. The summed E-state index contributed by atoms with van der Waals surface area (Å²) in [4.78, 5) is 43.3. The third kappa shape index (κ3) is 4.86. The van der Waals surface area contributed by atoms with Gasteiger partial charge >= 0.3 is 5.97 Å². The lowest BCUT2D eigenvalue weighted by molar-refractivity contribution is -0.155. The Bertz CT molecular complexity index is 965. The normalized spacial score (nSPS) is 20.4. The zero-order valence-corrected chi connectivity index (χ0v) is 18.3. The van der Waals surface area contributed by atoms with Gasteiger partial charge in [-0.3, -0.25) is 19.0 Å². The fourth-order valence-corrected chi connectivity index (χ4v) is 4.77. The van der Waals surface area contributed by atoms with E-state index in [1.807, 2.05) is 13.8 Å². The van der Waals surface area contributed by atoms with Crippen molar-refractivity contribution in [2.24, 2.45) is 5.92 Å². The molecule has 3 rings (SSSR count). The number of ether oxygens (including phenoxy) is 1. The molecule has 1 amide bonds. The molecule has 0 bridgehead atoms. The first-order valence-electron chi connectivity index (χ1n) is 10.2. The Labute approximate surface area is 174 Å². The molecule has 1 saturated carbocycles. The Kier molecular flexibility index (Phi) is 6.72. The molecular weight excluding hydrogens is 390 g/mol. The summed E-state index contributed by atoms with van der Waals surface area (Å²) >= 11 is 1.49. The van der Waals surface area contributed by atoms with Gasteiger partial charge < -0.3 is 10.1 Å². The molecule has 0 saturated heterocycles. The molecule has 1 aliphatic carbocycles. The average molecular weight is 420 g/mol. The molecular formula is C21H29N3O4S. The van der Waals surface area contributed by atoms with Crippen LogP contribution in [0.15, 0.2) is 11.1 Å². The highest BCUT2D eigenvalue weighted by molar-refractivity contribution is 7.18. The van der Waals surface area contributed by atoms with E-state index in [0.717, 1.165) is 29.7 Å². The number of esters is 1. The van der Waals surface area contributed by atoms with Crippen molar-refractivity contribution in [1.29, 1.82) is 0 Å². The maximum Gasteiger partial charge on any atom is 0.308 e. The third-order valence-electron chi connectivity index (χ3n) is 5.83. The minimum atomic E-state index is -0.851. The first-order chi connectivity index (χ1) is 13.8.